The third-order valence-corrected chi connectivity index (χ3v) is 16.4. The zero-order valence-corrected chi connectivity index (χ0v) is 51.7. The Hall–Kier alpha value is -9.68. The highest BCUT2D eigenvalue weighted by Crippen LogP contribution is 2.29. The van der Waals surface area contributed by atoms with Crippen LogP contribution in [0.3, 0.4) is 0 Å². The molecule has 4 heterocycles. The molecule has 3 aromatic heterocycles. The summed E-state index contributed by atoms with van der Waals surface area (Å²) in [5.74, 6) is -6.96. The Kier molecular flexibility index (Phi) is 26.0. The molecule has 3 unspecified atom stereocenters. The molecular formula is C61H81N19O10S. The van der Waals surface area contributed by atoms with Gasteiger partial charge in [-0.05, 0) is 88.2 Å². The van der Waals surface area contributed by atoms with Gasteiger partial charge >= 0.3 is 0 Å². The Morgan fingerprint density at radius 3 is 2.20 bits per heavy atom. The number of carbonyl (C=O) groups excluding carboxylic acids is 8. The fraction of sp³-hybridized carbons (Fsp3) is 0.426. The molecule has 1 aliphatic rings. The molecular weight excluding hydrogens is 1190 g/mol. The summed E-state index contributed by atoms with van der Waals surface area (Å²) in [6, 6.07) is 12.7. The van der Waals surface area contributed by atoms with Gasteiger partial charge in [0, 0.05) is 116 Å². The summed E-state index contributed by atoms with van der Waals surface area (Å²) in [6.45, 7) is 7.42. The van der Waals surface area contributed by atoms with Crippen LogP contribution in [-0.2, 0) is 59.4 Å². The molecule has 17 N–H and O–H groups in total. The molecule has 0 saturated heterocycles. The molecule has 1 aliphatic heterocycles. The molecule has 0 aliphatic carbocycles. The van der Waals surface area contributed by atoms with Gasteiger partial charge in [-0.15, -0.1) is 11.8 Å². The monoisotopic (exact) mass is 1270 g/mol. The Morgan fingerprint density at radius 1 is 0.802 bits per heavy atom. The number of nitrogens with zero attached hydrogens (tertiary/aromatic N) is 6. The van der Waals surface area contributed by atoms with Crippen LogP contribution in [0, 0.1) is 24.0 Å². The number of thioether (sulfide) groups is 1. The number of amides is 8. The number of unbranched alkanes of at least 4 members (excludes halogenated alkanes) is 1. The van der Waals surface area contributed by atoms with Gasteiger partial charge in [-0.25, -0.2) is 4.98 Å². The fourth-order valence-electron chi connectivity index (χ4n) is 10.5. The number of nitrogens with one attached hydrogen (secondary N) is 9. The summed E-state index contributed by atoms with van der Waals surface area (Å²) in [5, 5.41) is 36.9. The molecule has 6 aromatic rings. The van der Waals surface area contributed by atoms with E-state index in [-0.39, 0.29) is 80.4 Å². The number of hydrogen-bond acceptors (Lipinski definition) is 16. The number of primary amides is 1. The number of fused-ring (bicyclic) bond motifs is 2. The number of rotatable bonds is 28. The number of imidazole rings is 1. The van der Waals surface area contributed by atoms with Crippen LogP contribution in [-0.4, -0.2) is 169 Å². The Morgan fingerprint density at radius 2 is 1.51 bits per heavy atom. The van der Waals surface area contributed by atoms with Gasteiger partial charge in [-0.2, -0.15) is 5.10 Å². The van der Waals surface area contributed by atoms with Crippen molar-refractivity contribution in [1.29, 1.82) is 0 Å². The second-order valence-electron chi connectivity index (χ2n) is 22.2. The lowest BCUT2D eigenvalue weighted by Crippen LogP contribution is -2.60. The lowest BCUT2D eigenvalue weighted by Gasteiger charge is -2.27. The van der Waals surface area contributed by atoms with Crippen molar-refractivity contribution in [2.45, 2.75) is 126 Å². The average Bonchev–Trinajstić information content (AvgIpc) is 1.94. The summed E-state index contributed by atoms with van der Waals surface area (Å²) in [5.41, 5.74) is 26.5. The van der Waals surface area contributed by atoms with Crippen LogP contribution in [0.15, 0.2) is 107 Å². The molecule has 0 fully saturated rings. The minimum atomic E-state index is -1.58. The van der Waals surface area contributed by atoms with Crippen LogP contribution in [0.5, 0.6) is 0 Å². The zero-order chi connectivity index (χ0) is 65.4. The molecule has 7 rings (SSSR count). The number of guanidine groups is 1. The summed E-state index contributed by atoms with van der Waals surface area (Å²) >= 11 is 0.843. The first-order chi connectivity index (χ1) is 43.7. The van der Waals surface area contributed by atoms with E-state index in [1.807, 2.05) is 42.8 Å². The average molecular weight is 1270 g/mol. The predicted octanol–water partition coefficient (Wildman–Crippen LogP) is 0.535. The number of nitro benzene ring substituents is 1. The van der Waals surface area contributed by atoms with Crippen LogP contribution in [0.2, 0.25) is 0 Å². The molecule has 0 bridgehead atoms. The minimum absolute atomic E-state index is 0.0236. The van der Waals surface area contributed by atoms with Gasteiger partial charge < -0.3 is 75.0 Å². The zero-order valence-electron chi connectivity index (χ0n) is 50.9. The maximum atomic E-state index is 15.1. The quantitative estimate of drug-likeness (QED) is 0.0105. The molecule has 6 atom stereocenters. The molecule has 8 amide bonds. The highest BCUT2D eigenvalue weighted by Gasteiger charge is 2.35. The van der Waals surface area contributed by atoms with Crippen LogP contribution in [0.4, 0.5) is 5.69 Å². The smallest absolute Gasteiger partial charge is 0.270 e. The van der Waals surface area contributed by atoms with Crippen LogP contribution in [0.25, 0.3) is 10.9 Å². The van der Waals surface area contributed by atoms with Crippen molar-refractivity contribution >= 4 is 81.6 Å². The maximum Gasteiger partial charge on any atom is 0.270 e. The Balaban J connectivity index is 1.16. The lowest BCUT2D eigenvalue weighted by molar-refractivity contribution is -0.384. The first-order valence-corrected chi connectivity index (χ1v) is 31.1. The van der Waals surface area contributed by atoms with Gasteiger partial charge in [-0.3, -0.25) is 58.1 Å². The normalized spacial score (nSPS) is 18.0. The number of aromatic amines is 2. The Labute approximate surface area is 529 Å². The molecule has 29 nitrogen and oxygen atoms in total. The van der Waals surface area contributed by atoms with Crippen molar-refractivity contribution < 1.29 is 43.3 Å². The number of aliphatic imine (C=N–C) groups is 1. The van der Waals surface area contributed by atoms with Crippen molar-refractivity contribution in [3.8, 4) is 0 Å². The third kappa shape index (κ3) is 21.2. The SMILES string of the molecule is Cc1cc(C)n(CCN(CCN)CCCC(=O)NCCCC[C@H](NC(=O)[C@H]2CSc3ccc([N+](=O)[O-])cc3C(=O)NC(Cc3cnc[nH]3)C(=O)N[C@H](Cc3ccccc3)C(=O)NC(CCCN=C(N)N)C(=O)NC(Cc3c[nH]c4ccccc34)C(=O)N2)C(N)=O)n1. The van der Waals surface area contributed by atoms with E-state index < -0.39 is 94.0 Å². The second kappa shape index (κ2) is 34.3. The highest BCUT2D eigenvalue weighted by molar-refractivity contribution is 7.99. The molecule has 0 radical (unpaired) electrons. The summed E-state index contributed by atoms with van der Waals surface area (Å²) in [4.78, 5) is 143. The standard InChI is InChI=1S/C61H81N19O10S/c1-37-28-38(2)79(77-37)27-26-78(25-21-62)24-11-18-53(81)67-22-9-8-16-46(54(63)82)71-60(88)51-35-91-52-20-19-42(80(89)90)32-44(52)55(83)73-50(31-41-34-66-36-70-41)59(87)74-48(29-39-12-4-3-5-13-39)57(85)72-47(17-10-23-68-61(64)65)56(84)75-49(58(86)76-51)30-40-33-69-45-15-7-6-14-43(40)45/h3-7,12-15,19-20,28,32-34,36,46-51,69H,8-11,16-18,21-27,29-31,35,62H2,1-2H3,(H2,63,82)(H,66,70)(H,67,81)(H,71,88)(H,72,85)(H,73,83)(H,74,87)(H,75,84)(H,76,86)(H4,64,65,68)/t46-,47?,48+,49?,50?,51+/m0/s1. The van der Waals surface area contributed by atoms with E-state index in [0.29, 0.717) is 73.2 Å². The van der Waals surface area contributed by atoms with E-state index in [4.69, 9.17) is 22.9 Å². The fourth-order valence-corrected chi connectivity index (χ4v) is 11.5. The first-order valence-electron chi connectivity index (χ1n) is 30.1. The van der Waals surface area contributed by atoms with Crippen LogP contribution >= 0.6 is 11.8 Å². The molecule has 486 valence electrons. The van der Waals surface area contributed by atoms with Crippen molar-refractivity contribution in [3.05, 3.63) is 141 Å². The van der Waals surface area contributed by atoms with E-state index in [1.165, 1.54) is 18.6 Å². The summed E-state index contributed by atoms with van der Waals surface area (Å²) < 4.78 is 1.95. The van der Waals surface area contributed by atoms with Crippen LogP contribution < -0.4 is 60.2 Å². The number of hydrogen-bond donors (Lipinski definition) is 13. The van der Waals surface area contributed by atoms with Gasteiger partial charge in [0.1, 0.15) is 36.3 Å². The number of aromatic nitrogens is 5. The molecule has 0 saturated carbocycles. The second-order valence-corrected chi connectivity index (χ2v) is 23.3. The Bertz CT molecular complexity index is 3500. The maximum absolute atomic E-state index is 15.1. The van der Waals surface area contributed by atoms with Crippen molar-refractivity contribution in [3.63, 3.8) is 0 Å². The van der Waals surface area contributed by atoms with Gasteiger partial charge in [0.25, 0.3) is 11.6 Å². The molecule has 3 aromatic carbocycles. The number of nitro groups is 1. The van der Waals surface area contributed by atoms with E-state index >= 15 is 4.79 Å². The van der Waals surface area contributed by atoms with Gasteiger partial charge in [0.15, 0.2) is 5.96 Å². The van der Waals surface area contributed by atoms with E-state index in [2.05, 4.69) is 67.2 Å². The first kappa shape index (κ1) is 68.8. The number of benzene rings is 3. The van der Waals surface area contributed by atoms with Gasteiger partial charge in [0.05, 0.1) is 29.1 Å². The summed E-state index contributed by atoms with van der Waals surface area (Å²) in [6.07, 6.45) is 5.60. The number of non-ortho nitro benzene ring substituents is 1. The van der Waals surface area contributed by atoms with Crippen LogP contribution in [0.1, 0.15) is 83.5 Å². The molecule has 0 spiro atoms. The van der Waals surface area contributed by atoms with Crippen molar-refractivity contribution in [1.82, 2.24) is 66.8 Å². The van der Waals surface area contributed by atoms with Crippen molar-refractivity contribution in [2.24, 2.45) is 27.9 Å². The van der Waals surface area contributed by atoms with E-state index in [1.54, 1.807) is 42.6 Å². The van der Waals surface area contributed by atoms with Gasteiger partial charge in [0.2, 0.25) is 41.4 Å². The minimum Gasteiger partial charge on any atom is -0.370 e. The van der Waals surface area contributed by atoms with E-state index in [0.717, 1.165) is 41.8 Å². The predicted molar refractivity (Wildman–Crippen MR) is 342 cm³/mol. The number of carbonyl (C=O) groups is 8. The largest absolute Gasteiger partial charge is 0.370 e. The van der Waals surface area contributed by atoms with Crippen molar-refractivity contribution in [2.75, 3.05) is 45.0 Å². The van der Waals surface area contributed by atoms with Gasteiger partial charge in [-0.1, -0.05) is 48.5 Å². The van der Waals surface area contributed by atoms with E-state index in [9.17, 15) is 43.7 Å². The number of para-hydroxylation sites is 1. The summed E-state index contributed by atoms with van der Waals surface area (Å²) in [7, 11) is 0. The number of nitrogens with two attached hydrogens (primary N) is 4. The highest BCUT2D eigenvalue weighted by atomic mass is 32.2. The lowest BCUT2D eigenvalue weighted by atomic mass is 10.0. The molecule has 30 heteroatoms. The number of H-pyrrole nitrogens is 2. The third-order valence-electron chi connectivity index (χ3n) is 15.2. The number of aryl methyl sites for hydroxylation is 2. The molecule has 91 heavy (non-hydrogen) atoms. The topological polar surface area (TPSA) is 446 Å².